The molecule has 3 heterocycles. The summed E-state index contributed by atoms with van der Waals surface area (Å²) in [5, 5.41) is 3.14. The van der Waals surface area contributed by atoms with Gasteiger partial charge in [0.1, 0.15) is 11.6 Å². The first-order chi connectivity index (χ1) is 13.6. The lowest BCUT2D eigenvalue weighted by Crippen LogP contribution is -2.39. The topological polar surface area (TPSA) is 74.2 Å². The van der Waals surface area contributed by atoms with E-state index in [9.17, 15) is 4.79 Å². The number of rotatable bonds is 7. The van der Waals surface area contributed by atoms with E-state index in [2.05, 4.69) is 20.3 Å². The molecule has 2 aromatic rings. The van der Waals surface area contributed by atoms with Crippen LogP contribution in [-0.2, 0) is 11.2 Å². The van der Waals surface area contributed by atoms with Crippen molar-refractivity contribution >= 4 is 17.5 Å². The van der Waals surface area contributed by atoms with Crippen LogP contribution in [0.15, 0.2) is 48.9 Å². The van der Waals surface area contributed by atoms with E-state index in [1.165, 1.54) is 0 Å². The quantitative estimate of drug-likeness (QED) is 0.744. The van der Waals surface area contributed by atoms with E-state index in [1.807, 2.05) is 54.4 Å². The first-order valence-electron chi connectivity index (χ1n) is 9.69. The number of carbonyl (C=O) groups excluding carboxylic acids is 1. The minimum absolute atomic E-state index is 0.104. The molecule has 7 nitrogen and oxygen atoms in total. The summed E-state index contributed by atoms with van der Waals surface area (Å²) in [7, 11) is 3.98. The fourth-order valence-electron chi connectivity index (χ4n) is 3.29. The van der Waals surface area contributed by atoms with Gasteiger partial charge in [0.2, 0.25) is 5.91 Å². The molecule has 1 aliphatic heterocycles. The highest BCUT2D eigenvalue weighted by Crippen LogP contribution is 2.21. The van der Waals surface area contributed by atoms with Gasteiger partial charge in [0.25, 0.3) is 0 Å². The molecule has 0 saturated carbocycles. The lowest BCUT2D eigenvalue weighted by Gasteiger charge is -2.32. The number of likely N-dealkylation sites (N-methyl/N-ethyl adjacent to an activating group) is 1. The van der Waals surface area contributed by atoms with Gasteiger partial charge in [-0.05, 0) is 51.4 Å². The average Bonchev–Trinajstić information content (AvgIpc) is 2.70. The normalized spacial score (nSPS) is 17.2. The third-order valence-electron chi connectivity index (χ3n) is 4.69. The van der Waals surface area contributed by atoms with Crippen molar-refractivity contribution in [3.05, 3.63) is 54.6 Å². The Morgan fingerprint density at radius 3 is 2.86 bits per heavy atom. The molecule has 1 N–H and O–H groups in total. The Bertz CT molecular complexity index is 775. The number of hydrogen-bond acceptors (Lipinski definition) is 6. The van der Waals surface area contributed by atoms with Crippen LogP contribution in [0.2, 0.25) is 0 Å². The summed E-state index contributed by atoms with van der Waals surface area (Å²) < 4.78 is 0. The Morgan fingerprint density at radius 1 is 1.25 bits per heavy atom. The molecule has 7 heteroatoms. The Morgan fingerprint density at radius 2 is 2.14 bits per heavy atom. The lowest BCUT2D eigenvalue weighted by molar-refractivity contribution is -0.127. The summed E-state index contributed by atoms with van der Waals surface area (Å²) >= 11 is 0. The zero-order valence-electron chi connectivity index (χ0n) is 16.6. The predicted molar refractivity (Wildman–Crippen MR) is 110 cm³/mol. The van der Waals surface area contributed by atoms with Gasteiger partial charge in [0.05, 0.1) is 18.1 Å². The monoisotopic (exact) mass is 380 g/mol. The van der Waals surface area contributed by atoms with Crippen LogP contribution in [-0.4, -0.2) is 64.4 Å². The van der Waals surface area contributed by atoms with Gasteiger partial charge in [0, 0.05) is 31.9 Å². The van der Waals surface area contributed by atoms with E-state index in [0.29, 0.717) is 11.7 Å². The zero-order chi connectivity index (χ0) is 19.8. The number of amides is 1. The fraction of sp³-hybridized carbons (Fsp3) is 0.429. The molecule has 3 rings (SSSR count). The third kappa shape index (κ3) is 6.13. The van der Waals surface area contributed by atoms with Crippen molar-refractivity contribution in [2.24, 2.45) is 5.92 Å². The number of likely N-dealkylation sites (tertiary alicyclic amines) is 1. The molecule has 28 heavy (non-hydrogen) atoms. The summed E-state index contributed by atoms with van der Waals surface area (Å²) in [4.78, 5) is 29.6. The summed E-state index contributed by atoms with van der Waals surface area (Å²) in [6, 6.07) is 5.68. The molecule has 0 spiro atoms. The molecule has 0 radical (unpaired) electrons. The molecule has 0 unspecified atom stereocenters. The minimum atomic E-state index is 0.104. The Balaban J connectivity index is 1.52. The Hall–Kier alpha value is -2.80. The number of hydrogen-bond donors (Lipinski definition) is 1. The summed E-state index contributed by atoms with van der Waals surface area (Å²) in [5.41, 5.74) is 0.953. The first kappa shape index (κ1) is 19.9. The number of carbonyl (C=O) groups is 1. The van der Waals surface area contributed by atoms with Gasteiger partial charge in [-0.2, -0.15) is 0 Å². The molecule has 1 saturated heterocycles. The second kappa shape index (κ2) is 9.94. The summed E-state index contributed by atoms with van der Waals surface area (Å²) in [5.74, 6) is 1.94. The minimum Gasteiger partial charge on any atom is -0.339 e. The van der Waals surface area contributed by atoms with Crippen molar-refractivity contribution in [2.75, 3.05) is 39.0 Å². The molecule has 148 valence electrons. The highest BCUT2D eigenvalue weighted by Gasteiger charge is 2.23. The lowest BCUT2D eigenvalue weighted by atomic mass is 9.93. The van der Waals surface area contributed by atoms with Crippen molar-refractivity contribution in [3.8, 4) is 0 Å². The molecular weight excluding hydrogens is 352 g/mol. The van der Waals surface area contributed by atoms with E-state index in [-0.39, 0.29) is 5.91 Å². The van der Waals surface area contributed by atoms with E-state index in [0.717, 1.165) is 50.4 Å². The van der Waals surface area contributed by atoms with E-state index in [4.69, 9.17) is 0 Å². The smallest absolute Gasteiger partial charge is 0.246 e. The molecule has 0 bridgehead atoms. The van der Waals surface area contributed by atoms with Crippen LogP contribution in [0.4, 0.5) is 11.6 Å². The number of nitrogens with one attached hydrogen (secondary N) is 1. The van der Waals surface area contributed by atoms with Crippen LogP contribution in [0.5, 0.6) is 0 Å². The standard InChI is InChI=1S/C21H28N6O/c1-26(2)11-6-9-21(28)27-12-5-7-17(16-27)13-18-14-24-20(15-23-18)25-19-8-3-4-10-22-19/h3-4,6,8-10,14-15,17H,5,7,11-13,16H2,1-2H3,(H,22,24,25)/b9-6+/t17-/m1/s1. The van der Waals surface area contributed by atoms with Crippen molar-refractivity contribution in [1.82, 2.24) is 24.8 Å². The first-order valence-corrected chi connectivity index (χ1v) is 9.69. The van der Waals surface area contributed by atoms with Crippen molar-refractivity contribution in [1.29, 1.82) is 0 Å². The maximum atomic E-state index is 12.4. The molecular formula is C21H28N6O. The van der Waals surface area contributed by atoms with Gasteiger partial charge in [-0.25, -0.2) is 9.97 Å². The molecule has 1 atom stereocenters. The van der Waals surface area contributed by atoms with Crippen molar-refractivity contribution in [2.45, 2.75) is 19.3 Å². The number of pyridine rings is 1. The van der Waals surface area contributed by atoms with Crippen LogP contribution in [0, 0.1) is 5.92 Å². The van der Waals surface area contributed by atoms with Gasteiger partial charge < -0.3 is 15.1 Å². The van der Waals surface area contributed by atoms with Crippen molar-refractivity contribution < 1.29 is 4.79 Å². The second-order valence-electron chi connectivity index (χ2n) is 7.39. The van der Waals surface area contributed by atoms with Crippen LogP contribution >= 0.6 is 0 Å². The molecule has 0 aliphatic carbocycles. The molecule has 2 aromatic heterocycles. The molecule has 0 aromatic carbocycles. The van der Waals surface area contributed by atoms with Crippen LogP contribution in [0.25, 0.3) is 0 Å². The van der Waals surface area contributed by atoms with E-state index in [1.54, 1.807) is 18.5 Å². The predicted octanol–water partition coefficient (Wildman–Crippen LogP) is 2.51. The maximum Gasteiger partial charge on any atom is 0.246 e. The van der Waals surface area contributed by atoms with Gasteiger partial charge in [-0.1, -0.05) is 12.1 Å². The average molecular weight is 380 g/mol. The van der Waals surface area contributed by atoms with Gasteiger partial charge >= 0.3 is 0 Å². The van der Waals surface area contributed by atoms with Crippen molar-refractivity contribution in [3.63, 3.8) is 0 Å². The second-order valence-corrected chi connectivity index (χ2v) is 7.39. The number of anilines is 2. The maximum absolute atomic E-state index is 12.4. The molecule has 1 fully saturated rings. The number of piperidine rings is 1. The summed E-state index contributed by atoms with van der Waals surface area (Å²) in [6.45, 7) is 2.39. The third-order valence-corrected chi connectivity index (χ3v) is 4.69. The fourth-order valence-corrected chi connectivity index (χ4v) is 3.29. The van der Waals surface area contributed by atoms with Crippen LogP contribution in [0.1, 0.15) is 18.5 Å². The molecule has 1 aliphatic rings. The largest absolute Gasteiger partial charge is 0.339 e. The highest BCUT2D eigenvalue weighted by molar-refractivity contribution is 5.87. The molecule has 1 amide bonds. The van der Waals surface area contributed by atoms with E-state index < -0.39 is 0 Å². The van der Waals surface area contributed by atoms with Gasteiger partial charge in [0.15, 0.2) is 0 Å². The van der Waals surface area contributed by atoms with E-state index >= 15 is 0 Å². The summed E-state index contributed by atoms with van der Waals surface area (Å²) in [6.07, 6.45) is 11.9. The zero-order valence-corrected chi connectivity index (χ0v) is 16.6. The highest BCUT2D eigenvalue weighted by atomic mass is 16.2. The SMILES string of the molecule is CN(C)C/C=C/C(=O)N1CCC[C@H](Cc2cnc(Nc3ccccn3)cn2)C1. The van der Waals surface area contributed by atoms with Gasteiger partial charge in [-0.3, -0.25) is 9.78 Å². The number of aromatic nitrogens is 3. The van der Waals surface area contributed by atoms with Crippen LogP contribution < -0.4 is 5.32 Å². The number of nitrogens with zero attached hydrogens (tertiary/aromatic N) is 5. The van der Waals surface area contributed by atoms with Crippen LogP contribution in [0.3, 0.4) is 0 Å². The Kier molecular flexibility index (Phi) is 7.08. The Labute approximate surface area is 166 Å². The van der Waals surface area contributed by atoms with Gasteiger partial charge in [-0.15, -0.1) is 0 Å².